The number of rotatable bonds is 4. The summed E-state index contributed by atoms with van der Waals surface area (Å²) in [6.45, 7) is 0.387. The largest absolute Gasteiger partial charge is 0.497 e. The van der Waals surface area contributed by atoms with Crippen LogP contribution in [0.2, 0.25) is 5.15 Å². The first-order valence-electron chi connectivity index (χ1n) is 6.15. The van der Waals surface area contributed by atoms with Gasteiger partial charge in [0.25, 0.3) is 0 Å². The molecule has 20 heavy (non-hydrogen) atoms. The fraction of sp³-hybridized carbons (Fsp3) is 0.133. The van der Waals surface area contributed by atoms with Crippen molar-refractivity contribution in [3.05, 3.63) is 59.5 Å². The van der Waals surface area contributed by atoms with Crippen LogP contribution in [0.1, 0.15) is 5.69 Å². The molecule has 2 aromatic heterocycles. The van der Waals surface area contributed by atoms with Crippen LogP contribution in [0.15, 0.2) is 48.7 Å². The highest BCUT2D eigenvalue weighted by atomic mass is 35.5. The summed E-state index contributed by atoms with van der Waals surface area (Å²) >= 11 is 6.18. The lowest BCUT2D eigenvalue weighted by atomic mass is 10.3. The highest BCUT2D eigenvalue weighted by Gasteiger charge is 2.07. The first-order chi connectivity index (χ1) is 9.78. The Balaban J connectivity index is 1.83. The van der Waals surface area contributed by atoms with Gasteiger partial charge in [-0.15, -0.1) is 0 Å². The molecule has 0 saturated heterocycles. The van der Waals surface area contributed by atoms with Gasteiger partial charge >= 0.3 is 0 Å². The van der Waals surface area contributed by atoms with Crippen LogP contribution in [0, 0.1) is 0 Å². The number of methoxy groups -OCH3 is 1. The zero-order chi connectivity index (χ0) is 13.9. The number of benzene rings is 1. The van der Waals surface area contributed by atoms with Crippen LogP contribution >= 0.6 is 11.6 Å². The molecule has 0 atom stereocenters. The lowest BCUT2D eigenvalue weighted by Gasteiger charge is -2.08. The minimum atomic E-state index is 0.387. The van der Waals surface area contributed by atoms with Gasteiger partial charge in [0, 0.05) is 6.07 Å². The van der Waals surface area contributed by atoms with Gasteiger partial charge in [-0.25, -0.2) is 4.98 Å². The zero-order valence-corrected chi connectivity index (χ0v) is 11.7. The Kier molecular flexibility index (Phi) is 3.48. The van der Waals surface area contributed by atoms with Crippen LogP contribution in [0.4, 0.5) is 0 Å². The van der Waals surface area contributed by atoms with Gasteiger partial charge in [0.05, 0.1) is 19.0 Å². The van der Waals surface area contributed by atoms with Gasteiger partial charge in [-0.05, 0) is 24.3 Å². The fourth-order valence-electron chi connectivity index (χ4n) is 2.01. The van der Waals surface area contributed by atoms with E-state index in [0.29, 0.717) is 11.8 Å². The minimum absolute atomic E-state index is 0.387. The molecule has 0 radical (unpaired) electrons. The van der Waals surface area contributed by atoms with E-state index in [1.54, 1.807) is 13.3 Å². The number of fused-ring (bicyclic) bond motifs is 1. The number of hydrogen-bond donors (Lipinski definition) is 0. The highest BCUT2D eigenvalue weighted by Crippen LogP contribution is 2.21. The molecular weight excluding hydrogens is 276 g/mol. The van der Waals surface area contributed by atoms with Crippen molar-refractivity contribution in [2.75, 3.05) is 7.11 Å². The van der Waals surface area contributed by atoms with E-state index in [4.69, 9.17) is 21.1 Å². The van der Waals surface area contributed by atoms with Gasteiger partial charge in [-0.1, -0.05) is 23.7 Å². The van der Waals surface area contributed by atoms with Gasteiger partial charge in [0.15, 0.2) is 0 Å². The third-order valence-corrected chi connectivity index (χ3v) is 3.28. The molecule has 5 heteroatoms. The lowest BCUT2D eigenvalue weighted by Crippen LogP contribution is -2.00. The average molecular weight is 289 g/mol. The number of aromatic nitrogens is 2. The van der Waals surface area contributed by atoms with Crippen molar-refractivity contribution in [1.29, 1.82) is 0 Å². The fourth-order valence-corrected chi connectivity index (χ4v) is 2.27. The topological polar surface area (TPSA) is 35.8 Å². The maximum Gasteiger partial charge on any atom is 0.138 e. The first kappa shape index (κ1) is 12.8. The molecule has 102 valence electrons. The third-order valence-electron chi connectivity index (χ3n) is 2.98. The SMILES string of the molecule is COc1cccc(OCc2cnc3cccc(Cl)n23)c1. The molecule has 0 amide bonds. The number of ether oxygens (including phenoxy) is 2. The summed E-state index contributed by atoms with van der Waals surface area (Å²) in [6, 6.07) is 13.1. The molecular formula is C15H13ClN2O2. The molecule has 0 spiro atoms. The molecule has 0 saturated carbocycles. The van der Waals surface area contributed by atoms with E-state index >= 15 is 0 Å². The van der Waals surface area contributed by atoms with Gasteiger partial charge in [-0.2, -0.15) is 0 Å². The maximum absolute atomic E-state index is 6.18. The summed E-state index contributed by atoms with van der Waals surface area (Å²) in [6.07, 6.45) is 1.77. The number of imidazole rings is 1. The molecule has 0 N–H and O–H groups in total. The van der Waals surface area contributed by atoms with E-state index in [1.165, 1.54) is 0 Å². The summed E-state index contributed by atoms with van der Waals surface area (Å²) in [5.41, 5.74) is 1.70. The molecule has 0 aliphatic heterocycles. The van der Waals surface area contributed by atoms with Crippen molar-refractivity contribution in [1.82, 2.24) is 9.38 Å². The molecule has 1 aromatic carbocycles. The number of nitrogens with zero attached hydrogens (tertiary/aromatic N) is 2. The summed E-state index contributed by atoms with van der Waals surface area (Å²) in [5, 5.41) is 0.615. The molecule has 0 bridgehead atoms. The molecule has 3 aromatic rings. The standard InChI is InChI=1S/C15H13ClN2O2/c1-19-12-4-2-5-13(8-12)20-10-11-9-17-15-7-3-6-14(16)18(11)15/h2-9H,10H2,1H3. The van der Waals surface area contributed by atoms with Crippen LogP contribution in [-0.2, 0) is 6.61 Å². The maximum atomic E-state index is 6.18. The van der Waals surface area contributed by atoms with Crippen molar-refractivity contribution in [2.24, 2.45) is 0 Å². The van der Waals surface area contributed by atoms with E-state index in [9.17, 15) is 0 Å². The predicted octanol–water partition coefficient (Wildman–Crippen LogP) is 3.58. The summed E-state index contributed by atoms with van der Waals surface area (Å²) in [4.78, 5) is 4.30. The van der Waals surface area contributed by atoms with Gasteiger partial charge in [0.1, 0.15) is 28.9 Å². The van der Waals surface area contributed by atoms with Crippen molar-refractivity contribution in [2.45, 2.75) is 6.61 Å². The van der Waals surface area contributed by atoms with E-state index in [-0.39, 0.29) is 0 Å². The zero-order valence-electron chi connectivity index (χ0n) is 10.9. The van der Waals surface area contributed by atoms with Crippen LogP contribution in [0.3, 0.4) is 0 Å². The third kappa shape index (κ3) is 2.42. The molecule has 0 unspecified atom stereocenters. The van der Waals surface area contributed by atoms with Crippen LogP contribution < -0.4 is 9.47 Å². The van der Waals surface area contributed by atoms with Crippen LogP contribution in [0.5, 0.6) is 11.5 Å². The second kappa shape index (κ2) is 5.43. The molecule has 0 fully saturated rings. The average Bonchev–Trinajstić information content (AvgIpc) is 2.90. The Morgan fingerprint density at radius 1 is 1.15 bits per heavy atom. The van der Waals surface area contributed by atoms with Gasteiger partial charge in [-0.3, -0.25) is 4.40 Å². The summed E-state index contributed by atoms with van der Waals surface area (Å²) in [7, 11) is 1.63. The normalized spacial score (nSPS) is 10.7. The minimum Gasteiger partial charge on any atom is -0.497 e. The van der Waals surface area contributed by atoms with E-state index in [1.807, 2.05) is 46.9 Å². The first-order valence-corrected chi connectivity index (χ1v) is 6.53. The lowest BCUT2D eigenvalue weighted by molar-refractivity contribution is 0.298. The smallest absolute Gasteiger partial charge is 0.138 e. The van der Waals surface area contributed by atoms with Crippen molar-refractivity contribution >= 4 is 17.2 Å². The molecule has 3 rings (SSSR count). The Hall–Kier alpha value is -2.20. The Labute approximate surface area is 121 Å². The van der Waals surface area contributed by atoms with E-state index in [2.05, 4.69) is 4.98 Å². The Morgan fingerprint density at radius 3 is 2.80 bits per heavy atom. The quantitative estimate of drug-likeness (QED) is 0.689. The van der Waals surface area contributed by atoms with E-state index in [0.717, 1.165) is 22.8 Å². The monoisotopic (exact) mass is 288 g/mol. The van der Waals surface area contributed by atoms with Crippen molar-refractivity contribution in [3.63, 3.8) is 0 Å². The molecule has 2 heterocycles. The second-order valence-electron chi connectivity index (χ2n) is 4.26. The number of halogens is 1. The Bertz CT molecular complexity index is 740. The predicted molar refractivity (Wildman–Crippen MR) is 77.5 cm³/mol. The molecule has 0 aliphatic rings. The number of pyridine rings is 1. The highest BCUT2D eigenvalue weighted by molar-refractivity contribution is 6.29. The molecule has 4 nitrogen and oxygen atoms in total. The second-order valence-corrected chi connectivity index (χ2v) is 4.65. The van der Waals surface area contributed by atoms with Gasteiger partial charge in [0.2, 0.25) is 0 Å². The molecule has 0 aliphatic carbocycles. The van der Waals surface area contributed by atoms with Gasteiger partial charge < -0.3 is 9.47 Å². The van der Waals surface area contributed by atoms with Crippen molar-refractivity contribution < 1.29 is 9.47 Å². The number of hydrogen-bond acceptors (Lipinski definition) is 3. The summed E-state index contributed by atoms with van der Waals surface area (Å²) < 4.78 is 12.8. The van der Waals surface area contributed by atoms with Crippen molar-refractivity contribution in [3.8, 4) is 11.5 Å². The van der Waals surface area contributed by atoms with Crippen LogP contribution in [0.25, 0.3) is 5.65 Å². The Morgan fingerprint density at radius 2 is 1.95 bits per heavy atom. The van der Waals surface area contributed by atoms with E-state index < -0.39 is 0 Å². The van der Waals surface area contributed by atoms with Crippen LogP contribution in [-0.4, -0.2) is 16.5 Å². The summed E-state index contributed by atoms with van der Waals surface area (Å²) in [5.74, 6) is 1.50.